The van der Waals surface area contributed by atoms with Crippen molar-refractivity contribution in [3.05, 3.63) is 0 Å². The van der Waals surface area contributed by atoms with Crippen molar-refractivity contribution in [1.82, 2.24) is 10.6 Å². The molecule has 2 N–H and O–H groups in total. The Kier molecular flexibility index (Phi) is 3.63. The fourth-order valence-corrected chi connectivity index (χ4v) is 3.61. The van der Waals surface area contributed by atoms with Gasteiger partial charge in [0.1, 0.15) is 5.54 Å². The molecule has 0 aromatic heterocycles. The number of amides is 1. The van der Waals surface area contributed by atoms with Crippen LogP contribution in [-0.4, -0.2) is 23.4 Å². The van der Waals surface area contributed by atoms with Gasteiger partial charge >= 0.3 is 0 Å². The number of aliphatic imine (C=N–C) groups is 1. The molecule has 0 bridgehead atoms. The monoisotopic (exact) mass is 265 g/mol. The second kappa shape index (κ2) is 4.80. The van der Waals surface area contributed by atoms with Crippen molar-refractivity contribution in [3.8, 4) is 0 Å². The standard InChI is InChI=1S/C15H27N3O/c1-10(2)16-13-17-12(19)15(18-13)9-7-6-8-11(15)14(3,4)5/h10-11H,6-9H2,1-5H3,(H2,16,17,18,19). The van der Waals surface area contributed by atoms with Gasteiger partial charge < -0.3 is 5.32 Å². The number of carbonyl (C=O) groups excluding carboxylic acids is 1. The molecule has 1 spiro atoms. The number of carbonyl (C=O) groups is 1. The highest BCUT2D eigenvalue weighted by Crippen LogP contribution is 2.45. The molecule has 0 aromatic carbocycles. The molecular formula is C15H27N3O. The molecule has 1 heterocycles. The Balaban J connectivity index is 2.32. The third-order valence-electron chi connectivity index (χ3n) is 4.32. The molecule has 108 valence electrons. The summed E-state index contributed by atoms with van der Waals surface area (Å²) in [5.74, 6) is 1.14. The van der Waals surface area contributed by atoms with E-state index in [2.05, 4.69) is 36.4 Å². The summed E-state index contributed by atoms with van der Waals surface area (Å²) < 4.78 is 0. The molecule has 2 fully saturated rings. The van der Waals surface area contributed by atoms with Gasteiger partial charge in [-0.1, -0.05) is 33.6 Å². The van der Waals surface area contributed by atoms with Gasteiger partial charge in [0.2, 0.25) is 0 Å². The zero-order chi connectivity index (χ0) is 14.3. The zero-order valence-corrected chi connectivity index (χ0v) is 12.8. The first-order chi connectivity index (χ1) is 8.75. The average molecular weight is 265 g/mol. The van der Waals surface area contributed by atoms with Crippen LogP contribution in [0.1, 0.15) is 60.3 Å². The van der Waals surface area contributed by atoms with Crippen LogP contribution in [-0.2, 0) is 4.79 Å². The lowest BCUT2D eigenvalue weighted by molar-refractivity contribution is -0.129. The molecule has 1 aliphatic heterocycles. The van der Waals surface area contributed by atoms with Crippen LogP contribution in [0, 0.1) is 11.3 Å². The van der Waals surface area contributed by atoms with E-state index in [9.17, 15) is 4.79 Å². The SMILES string of the molecule is CC(C)N=C1NC(=O)C2(CCCCC2C(C)(C)C)N1. The van der Waals surface area contributed by atoms with E-state index in [0.717, 1.165) is 19.3 Å². The van der Waals surface area contributed by atoms with Crippen LogP contribution < -0.4 is 10.6 Å². The molecule has 1 saturated heterocycles. The predicted molar refractivity (Wildman–Crippen MR) is 78.0 cm³/mol. The van der Waals surface area contributed by atoms with E-state index in [4.69, 9.17) is 0 Å². The van der Waals surface area contributed by atoms with Gasteiger partial charge in [0.15, 0.2) is 5.96 Å². The molecule has 1 saturated carbocycles. The van der Waals surface area contributed by atoms with Crippen molar-refractivity contribution in [1.29, 1.82) is 0 Å². The van der Waals surface area contributed by atoms with Gasteiger partial charge in [-0.15, -0.1) is 0 Å². The van der Waals surface area contributed by atoms with Gasteiger partial charge in [-0.2, -0.15) is 0 Å². The average Bonchev–Trinajstić information content (AvgIpc) is 2.53. The number of nitrogens with one attached hydrogen (secondary N) is 2. The lowest BCUT2D eigenvalue weighted by Gasteiger charge is -2.46. The van der Waals surface area contributed by atoms with Gasteiger partial charge in [0.05, 0.1) is 0 Å². The Bertz CT molecular complexity index is 395. The summed E-state index contributed by atoms with van der Waals surface area (Å²) in [4.78, 5) is 17.0. The quantitative estimate of drug-likeness (QED) is 0.765. The predicted octanol–water partition coefficient (Wildman–Crippen LogP) is 2.45. The molecule has 0 aromatic rings. The third-order valence-corrected chi connectivity index (χ3v) is 4.32. The highest BCUT2D eigenvalue weighted by molar-refractivity contribution is 6.09. The molecule has 2 rings (SSSR count). The number of guanidine groups is 1. The van der Waals surface area contributed by atoms with Gasteiger partial charge in [0.25, 0.3) is 5.91 Å². The highest BCUT2D eigenvalue weighted by Gasteiger charge is 2.55. The Labute approximate surface area is 116 Å². The van der Waals surface area contributed by atoms with E-state index < -0.39 is 5.54 Å². The number of hydrogen-bond acceptors (Lipinski definition) is 2. The fraction of sp³-hybridized carbons (Fsp3) is 0.867. The van der Waals surface area contributed by atoms with Crippen molar-refractivity contribution in [2.24, 2.45) is 16.3 Å². The summed E-state index contributed by atoms with van der Waals surface area (Å²) in [6.07, 6.45) is 4.36. The Morgan fingerprint density at radius 1 is 1.32 bits per heavy atom. The molecule has 4 nitrogen and oxygen atoms in total. The lowest BCUT2D eigenvalue weighted by Crippen LogP contribution is -2.58. The van der Waals surface area contributed by atoms with Crippen LogP contribution in [0.4, 0.5) is 0 Å². The molecule has 2 atom stereocenters. The van der Waals surface area contributed by atoms with Gasteiger partial charge in [-0.3, -0.25) is 15.1 Å². The minimum atomic E-state index is -0.440. The van der Waals surface area contributed by atoms with E-state index in [1.54, 1.807) is 0 Å². The van der Waals surface area contributed by atoms with Crippen LogP contribution in [0.5, 0.6) is 0 Å². The normalized spacial score (nSPS) is 33.9. The minimum Gasteiger partial charge on any atom is -0.341 e. The van der Waals surface area contributed by atoms with Gasteiger partial charge in [-0.25, -0.2) is 0 Å². The summed E-state index contributed by atoms with van der Waals surface area (Å²) in [6.45, 7) is 10.7. The zero-order valence-electron chi connectivity index (χ0n) is 12.8. The maximum Gasteiger partial charge on any atom is 0.252 e. The number of hydrogen-bond donors (Lipinski definition) is 2. The molecule has 2 unspecified atom stereocenters. The molecule has 0 radical (unpaired) electrons. The summed E-state index contributed by atoms with van der Waals surface area (Å²) in [6, 6.07) is 0.189. The summed E-state index contributed by atoms with van der Waals surface area (Å²) in [7, 11) is 0. The summed E-state index contributed by atoms with van der Waals surface area (Å²) >= 11 is 0. The van der Waals surface area contributed by atoms with Gasteiger partial charge in [0, 0.05) is 6.04 Å². The molecule has 4 heteroatoms. The largest absolute Gasteiger partial charge is 0.341 e. The Hall–Kier alpha value is -1.06. The Morgan fingerprint density at radius 3 is 2.58 bits per heavy atom. The smallest absolute Gasteiger partial charge is 0.252 e. The summed E-state index contributed by atoms with van der Waals surface area (Å²) in [5, 5.41) is 6.38. The maximum atomic E-state index is 12.5. The second-order valence-corrected chi connectivity index (χ2v) is 7.29. The number of rotatable bonds is 1. The first-order valence-corrected chi connectivity index (χ1v) is 7.43. The molecule has 1 amide bonds. The second-order valence-electron chi connectivity index (χ2n) is 7.29. The van der Waals surface area contributed by atoms with Crippen molar-refractivity contribution in [2.45, 2.75) is 71.9 Å². The number of nitrogens with zero attached hydrogens (tertiary/aromatic N) is 1. The van der Waals surface area contributed by atoms with E-state index in [0.29, 0.717) is 11.9 Å². The van der Waals surface area contributed by atoms with Gasteiger partial charge in [-0.05, 0) is 38.0 Å². The maximum absolute atomic E-state index is 12.5. The van der Waals surface area contributed by atoms with Crippen LogP contribution >= 0.6 is 0 Å². The van der Waals surface area contributed by atoms with Crippen LogP contribution in [0.15, 0.2) is 4.99 Å². The van der Waals surface area contributed by atoms with E-state index in [-0.39, 0.29) is 17.4 Å². The Morgan fingerprint density at radius 2 is 2.00 bits per heavy atom. The first-order valence-electron chi connectivity index (χ1n) is 7.43. The third kappa shape index (κ3) is 2.63. The fourth-order valence-electron chi connectivity index (χ4n) is 3.61. The van der Waals surface area contributed by atoms with Crippen molar-refractivity contribution < 1.29 is 4.79 Å². The van der Waals surface area contributed by atoms with Crippen LogP contribution in [0.3, 0.4) is 0 Å². The molecular weight excluding hydrogens is 238 g/mol. The highest BCUT2D eigenvalue weighted by atomic mass is 16.2. The van der Waals surface area contributed by atoms with Crippen LogP contribution in [0.2, 0.25) is 0 Å². The summed E-state index contributed by atoms with van der Waals surface area (Å²) in [5.41, 5.74) is -0.317. The lowest BCUT2D eigenvalue weighted by atomic mass is 9.62. The van der Waals surface area contributed by atoms with E-state index >= 15 is 0 Å². The minimum absolute atomic E-state index is 0.117. The molecule has 1 aliphatic carbocycles. The van der Waals surface area contributed by atoms with E-state index in [1.165, 1.54) is 6.42 Å². The molecule has 19 heavy (non-hydrogen) atoms. The van der Waals surface area contributed by atoms with Crippen molar-refractivity contribution >= 4 is 11.9 Å². The van der Waals surface area contributed by atoms with Crippen molar-refractivity contribution in [2.75, 3.05) is 0 Å². The van der Waals surface area contributed by atoms with Crippen LogP contribution in [0.25, 0.3) is 0 Å². The van der Waals surface area contributed by atoms with Crippen molar-refractivity contribution in [3.63, 3.8) is 0 Å². The topological polar surface area (TPSA) is 53.5 Å². The van der Waals surface area contributed by atoms with E-state index in [1.807, 2.05) is 13.8 Å². The molecule has 2 aliphatic rings. The first kappa shape index (κ1) is 14.4.